The van der Waals surface area contributed by atoms with Crippen molar-refractivity contribution in [2.45, 2.75) is 26.2 Å². The van der Waals surface area contributed by atoms with E-state index in [2.05, 4.69) is 6.92 Å². The molecule has 2 aliphatic rings. The predicted molar refractivity (Wildman–Crippen MR) is 97.6 cm³/mol. The Hall–Kier alpha value is -2.60. The van der Waals surface area contributed by atoms with Crippen LogP contribution in [0.25, 0.3) is 0 Å². The van der Waals surface area contributed by atoms with Crippen molar-refractivity contribution in [1.82, 2.24) is 0 Å². The lowest BCUT2D eigenvalue weighted by Gasteiger charge is -2.25. The van der Waals surface area contributed by atoms with Crippen molar-refractivity contribution in [3.05, 3.63) is 47.4 Å². The van der Waals surface area contributed by atoms with Crippen LogP contribution in [-0.4, -0.2) is 17.8 Å². The van der Waals surface area contributed by atoms with Gasteiger partial charge in [0, 0.05) is 5.02 Å². The van der Waals surface area contributed by atoms with E-state index in [0.717, 1.165) is 11.3 Å². The largest absolute Gasteiger partial charge is 0.457 e. The van der Waals surface area contributed by atoms with Gasteiger partial charge in [0.1, 0.15) is 0 Å². The first-order valence-electron chi connectivity index (χ1n) is 8.88. The number of hydrogen-bond acceptors (Lipinski definition) is 5. The summed E-state index contributed by atoms with van der Waals surface area (Å²) < 4.78 is 10.4. The number of furan rings is 1. The molecule has 7 heteroatoms. The number of hydrogen-bond donors (Lipinski definition) is 0. The zero-order valence-electron chi connectivity index (χ0n) is 14.7. The van der Waals surface area contributed by atoms with Gasteiger partial charge in [0.05, 0.1) is 23.8 Å². The minimum absolute atomic E-state index is 0.0254. The molecule has 1 aromatic heterocycles. The van der Waals surface area contributed by atoms with Gasteiger partial charge in [-0.3, -0.25) is 9.59 Å². The first-order chi connectivity index (χ1) is 13.0. The average molecular weight is 388 g/mol. The van der Waals surface area contributed by atoms with Crippen molar-refractivity contribution in [1.29, 1.82) is 0 Å². The fraction of sp³-hybridized carbons (Fsp3) is 0.350. The lowest BCUT2D eigenvalue weighted by molar-refractivity contribution is -0.122. The predicted octanol–water partition coefficient (Wildman–Crippen LogP) is 4.08. The Labute approximate surface area is 161 Å². The zero-order chi connectivity index (χ0) is 19.1. The van der Waals surface area contributed by atoms with Gasteiger partial charge in [-0.2, -0.15) is 0 Å². The Balaban J connectivity index is 1.69. The van der Waals surface area contributed by atoms with Crippen molar-refractivity contribution < 1.29 is 23.5 Å². The summed E-state index contributed by atoms with van der Waals surface area (Å²) in [4.78, 5) is 39.3. The molecule has 0 unspecified atom stereocenters. The van der Waals surface area contributed by atoms with Gasteiger partial charge >= 0.3 is 5.97 Å². The quantitative estimate of drug-likeness (QED) is 0.450. The van der Waals surface area contributed by atoms with E-state index in [4.69, 9.17) is 20.8 Å². The number of fused-ring (bicyclic) bond motifs is 1. The molecule has 3 atom stereocenters. The van der Waals surface area contributed by atoms with Gasteiger partial charge < -0.3 is 9.15 Å². The monoisotopic (exact) mass is 387 g/mol. The molecule has 2 fully saturated rings. The summed E-state index contributed by atoms with van der Waals surface area (Å²) in [5, 5.41) is 0.339. The molecule has 1 aromatic carbocycles. The molecule has 2 amide bonds. The number of esters is 1. The van der Waals surface area contributed by atoms with Crippen LogP contribution in [0.3, 0.4) is 0 Å². The fourth-order valence-electron chi connectivity index (χ4n) is 3.92. The molecule has 2 aromatic rings. The molecule has 0 bridgehead atoms. The molecule has 140 valence electrons. The molecule has 0 radical (unpaired) electrons. The van der Waals surface area contributed by atoms with E-state index in [0.29, 0.717) is 23.8 Å². The highest BCUT2D eigenvalue weighted by atomic mass is 35.5. The highest BCUT2D eigenvalue weighted by Gasteiger charge is 2.50. The molecule has 1 aliphatic heterocycles. The summed E-state index contributed by atoms with van der Waals surface area (Å²) in [7, 11) is 0. The standard InChI is InChI=1S/C20H18ClNO5/c1-11-4-6-13-14(9-11)19(24)22(18(13)23)15-10-12(21)5-7-16(15)27-20(25)17-3-2-8-26-17/h2-3,5,7-8,10-11,13-14H,4,6,9H2,1H3/t11-,13-,14+/m0/s1. The molecular formula is C20H18ClNO5. The molecule has 0 spiro atoms. The molecule has 4 rings (SSSR count). The summed E-state index contributed by atoms with van der Waals surface area (Å²) in [6.45, 7) is 2.09. The van der Waals surface area contributed by atoms with Gasteiger partial charge in [0.25, 0.3) is 0 Å². The second-order valence-corrected chi connectivity index (χ2v) is 7.56. The number of carbonyl (C=O) groups is 3. The number of anilines is 1. The van der Waals surface area contributed by atoms with E-state index in [1.807, 2.05) is 0 Å². The maximum absolute atomic E-state index is 13.0. The van der Waals surface area contributed by atoms with Gasteiger partial charge in [-0.15, -0.1) is 0 Å². The van der Waals surface area contributed by atoms with Crippen LogP contribution in [0.5, 0.6) is 5.75 Å². The lowest BCUT2D eigenvalue weighted by atomic mass is 9.76. The van der Waals surface area contributed by atoms with Crippen molar-refractivity contribution in [2.75, 3.05) is 4.90 Å². The third-order valence-corrected chi connectivity index (χ3v) is 5.51. The number of imide groups is 1. The lowest BCUT2D eigenvalue weighted by Crippen LogP contribution is -2.31. The number of nitrogens with zero attached hydrogens (tertiary/aromatic N) is 1. The number of carbonyl (C=O) groups excluding carboxylic acids is 3. The molecule has 27 heavy (non-hydrogen) atoms. The highest BCUT2D eigenvalue weighted by molar-refractivity contribution is 6.31. The van der Waals surface area contributed by atoms with Gasteiger partial charge in [0.2, 0.25) is 17.6 Å². The van der Waals surface area contributed by atoms with Crippen LogP contribution in [0, 0.1) is 17.8 Å². The number of benzene rings is 1. The summed E-state index contributed by atoms with van der Waals surface area (Å²) >= 11 is 6.09. The zero-order valence-corrected chi connectivity index (χ0v) is 15.4. The second-order valence-electron chi connectivity index (χ2n) is 7.12. The second kappa shape index (κ2) is 6.85. The molecule has 2 heterocycles. The van der Waals surface area contributed by atoms with Crippen LogP contribution in [-0.2, 0) is 9.59 Å². The van der Waals surface area contributed by atoms with E-state index in [9.17, 15) is 14.4 Å². The van der Waals surface area contributed by atoms with Crippen LogP contribution in [0.15, 0.2) is 41.0 Å². The number of amides is 2. The average Bonchev–Trinajstić information content (AvgIpc) is 3.25. The summed E-state index contributed by atoms with van der Waals surface area (Å²) in [5.41, 5.74) is 0.194. The van der Waals surface area contributed by atoms with Gasteiger partial charge in [-0.25, -0.2) is 9.69 Å². The van der Waals surface area contributed by atoms with Crippen LogP contribution in [0.4, 0.5) is 5.69 Å². The summed E-state index contributed by atoms with van der Waals surface area (Å²) in [6, 6.07) is 7.53. The highest BCUT2D eigenvalue weighted by Crippen LogP contribution is 2.44. The first-order valence-corrected chi connectivity index (χ1v) is 9.26. The Kier molecular flexibility index (Phi) is 4.52. The van der Waals surface area contributed by atoms with E-state index in [1.165, 1.54) is 30.5 Å². The number of halogens is 1. The topological polar surface area (TPSA) is 76.8 Å². The van der Waals surface area contributed by atoms with E-state index in [-0.39, 0.29) is 40.8 Å². The molecule has 1 saturated heterocycles. The molecule has 0 N–H and O–H groups in total. The van der Waals surface area contributed by atoms with E-state index >= 15 is 0 Å². The minimum atomic E-state index is -0.714. The molecule has 1 aliphatic carbocycles. The normalized spacial score (nSPS) is 24.8. The van der Waals surface area contributed by atoms with Gasteiger partial charge in [-0.1, -0.05) is 18.5 Å². The van der Waals surface area contributed by atoms with E-state index < -0.39 is 5.97 Å². The minimum Gasteiger partial charge on any atom is -0.457 e. The summed E-state index contributed by atoms with van der Waals surface area (Å²) in [6.07, 6.45) is 3.66. The van der Waals surface area contributed by atoms with Crippen molar-refractivity contribution in [3.63, 3.8) is 0 Å². The number of rotatable bonds is 3. The van der Waals surface area contributed by atoms with Crippen LogP contribution < -0.4 is 9.64 Å². The first kappa shape index (κ1) is 17.8. The van der Waals surface area contributed by atoms with Crippen molar-refractivity contribution >= 4 is 35.1 Å². The maximum atomic E-state index is 13.0. The maximum Gasteiger partial charge on any atom is 0.379 e. The SMILES string of the molecule is C[C@H]1CC[C@@H]2C(=O)N(c3cc(Cl)ccc3OC(=O)c3ccco3)C(=O)[C@@H]2C1. The Morgan fingerprint density at radius 1 is 1.19 bits per heavy atom. The van der Waals surface area contributed by atoms with Gasteiger partial charge in [0.15, 0.2) is 5.75 Å². The molecule has 1 saturated carbocycles. The number of ether oxygens (including phenoxy) is 1. The Bertz CT molecular complexity index is 907. The van der Waals surface area contributed by atoms with E-state index in [1.54, 1.807) is 6.07 Å². The Morgan fingerprint density at radius 3 is 2.70 bits per heavy atom. The molecule has 6 nitrogen and oxygen atoms in total. The van der Waals surface area contributed by atoms with Crippen molar-refractivity contribution in [3.8, 4) is 5.75 Å². The van der Waals surface area contributed by atoms with Crippen LogP contribution in [0.1, 0.15) is 36.7 Å². The van der Waals surface area contributed by atoms with Gasteiger partial charge in [-0.05, 0) is 55.5 Å². The van der Waals surface area contributed by atoms with Crippen LogP contribution >= 0.6 is 11.6 Å². The third-order valence-electron chi connectivity index (χ3n) is 5.27. The third kappa shape index (κ3) is 3.14. The Morgan fingerprint density at radius 2 is 1.96 bits per heavy atom. The fourth-order valence-corrected chi connectivity index (χ4v) is 4.09. The smallest absolute Gasteiger partial charge is 0.379 e. The molecular weight excluding hydrogens is 370 g/mol. The van der Waals surface area contributed by atoms with Crippen LogP contribution in [0.2, 0.25) is 5.02 Å². The van der Waals surface area contributed by atoms with Crippen molar-refractivity contribution in [2.24, 2.45) is 17.8 Å². The summed E-state index contributed by atoms with van der Waals surface area (Å²) in [5.74, 6) is -1.35.